The Morgan fingerprint density at radius 1 is 0.463 bits per heavy atom. The molecule has 0 fully saturated rings. The molecule has 0 saturated carbocycles. The maximum absolute atomic E-state index is 2.55. The summed E-state index contributed by atoms with van der Waals surface area (Å²) in [6.45, 7) is 4.53. The zero-order valence-electron chi connectivity index (χ0n) is 22.9. The Hall–Kier alpha value is -3.10. The number of nitrogens with zero attached hydrogens (tertiary/aromatic N) is 2. The monoisotopic (exact) mass is 648 g/mol. The number of fused-ring (bicyclic) bond motifs is 6. The van der Waals surface area contributed by atoms with Crippen LogP contribution < -0.4 is 24.8 Å². The van der Waals surface area contributed by atoms with Crippen molar-refractivity contribution in [1.82, 2.24) is 9.13 Å². The van der Waals surface area contributed by atoms with Gasteiger partial charge in [-0.1, -0.05) is 0 Å². The molecule has 0 spiro atoms. The molecule has 4 aromatic carbocycles. The zero-order chi connectivity index (χ0) is 26.1. The van der Waals surface area contributed by atoms with Crippen LogP contribution in [0.5, 0.6) is 0 Å². The summed E-state index contributed by atoms with van der Waals surface area (Å²) in [6.07, 6.45) is 0. The van der Waals surface area contributed by atoms with Crippen molar-refractivity contribution < 1.29 is 48.0 Å². The van der Waals surface area contributed by atoms with E-state index in [1.807, 2.05) is 0 Å². The van der Waals surface area contributed by atoms with E-state index in [-0.39, 0.29) is 24.8 Å². The summed E-state index contributed by atoms with van der Waals surface area (Å²) in [6, 6.07) is 45.1. The first kappa shape index (κ1) is 28.0. The van der Waals surface area contributed by atoms with Gasteiger partial charge in [-0.3, -0.25) is 0 Å². The van der Waals surface area contributed by atoms with Gasteiger partial charge < -0.3 is 24.8 Å². The minimum Gasteiger partial charge on any atom is -1.00 e. The van der Waals surface area contributed by atoms with Gasteiger partial charge in [-0.2, -0.15) is 0 Å². The van der Waals surface area contributed by atoms with E-state index in [1.165, 1.54) is 67.5 Å². The summed E-state index contributed by atoms with van der Waals surface area (Å²) in [5.41, 5.74) is 17.0. The normalized spacial score (nSPS) is 15.6. The van der Waals surface area contributed by atoms with Crippen LogP contribution in [0.1, 0.15) is 41.2 Å². The molecule has 2 aliphatic rings. The number of hydrogen-bond donors (Lipinski definition) is 0. The van der Waals surface area contributed by atoms with Gasteiger partial charge in [0.1, 0.15) is 0 Å². The Labute approximate surface area is 265 Å². The molecule has 6 aromatic rings. The van der Waals surface area contributed by atoms with Crippen LogP contribution in [0.25, 0.3) is 33.6 Å². The Balaban J connectivity index is 0.00000151. The summed E-state index contributed by atoms with van der Waals surface area (Å²) >= 11 is -1.13. The van der Waals surface area contributed by atoms with Gasteiger partial charge in [-0.05, 0) is 0 Å². The van der Waals surface area contributed by atoms with Gasteiger partial charge >= 0.3 is 242 Å². The minimum absolute atomic E-state index is 0. The molecule has 2 aromatic heterocycles. The van der Waals surface area contributed by atoms with Gasteiger partial charge in [0.15, 0.2) is 0 Å². The molecular formula is C36H28Cl2N2Zr. The molecule has 0 bridgehead atoms. The zero-order valence-corrected chi connectivity index (χ0v) is 26.8. The summed E-state index contributed by atoms with van der Waals surface area (Å²) < 4.78 is 6.03. The van der Waals surface area contributed by atoms with Crippen LogP contribution in [-0.4, -0.2) is 9.13 Å². The van der Waals surface area contributed by atoms with Crippen LogP contribution in [0.4, 0.5) is 0 Å². The molecule has 8 rings (SSSR count). The maximum Gasteiger partial charge on any atom is -1.00 e. The van der Waals surface area contributed by atoms with Crippen molar-refractivity contribution in [2.75, 3.05) is 0 Å². The predicted octanol–water partition coefficient (Wildman–Crippen LogP) is 2.82. The second kappa shape index (κ2) is 11.0. The number of hydrogen-bond acceptors (Lipinski definition) is 0. The third-order valence-electron chi connectivity index (χ3n) is 8.48. The first-order chi connectivity index (χ1) is 19.2. The maximum atomic E-state index is 2.55. The molecular weight excluding hydrogens is 623 g/mol. The fraction of sp³-hybridized carbons (Fsp3) is 0.111. The van der Waals surface area contributed by atoms with Crippen molar-refractivity contribution in [3.8, 4) is 33.6 Å². The molecule has 0 amide bonds. The molecule has 0 radical (unpaired) electrons. The van der Waals surface area contributed by atoms with E-state index < -0.39 is 23.2 Å². The van der Waals surface area contributed by atoms with E-state index in [0.717, 1.165) is 0 Å². The first-order valence-electron chi connectivity index (χ1n) is 13.7. The third-order valence-corrected chi connectivity index (χ3v) is 13.0. The fourth-order valence-corrected chi connectivity index (χ4v) is 12.1. The van der Waals surface area contributed by atoms with Crippen LogP contribution in [-0.2, 0) is 23.2 Å². The Kier molecular flexibility index (Phi) is 7.49. The topological polar surface area (TPSA) is 9.86 Å². The summed E-state index contributed by atoms with van der Waals surface area (Å²) in [7, 11) is 0. The number of halogens is 2. The molecule has 41 heavy (non-hydrogen) atoms. The molecule has 2 heterocycles. The molecule has 2 unspecified atom stereocenters. The average Bonchev–Trinajstić information content (AvgIpc) is 3.67. The van der Waals surface area contributed by atoms with E-state index in [1.54, 1.807) is 0 Å². The van der Waals surface area contributed by atoms with Crippen LogP contribution >= 0.6 is 0 Å². The number of rotatable bonds is 4. The van der Waals surface area contributed by atoms with E-state index in [2.05, 4.69) is 144 Å². The quantitative estimate of drug-likeness (QED) is 0.278. The standard InChI is InChI=1S/2C18H14N.2ClH.Zr/c2*1-13-11-17-16-10-6-5-7-14(16)12-18(17)19(13)15-8-3-2-4-9-15;;;/h2*2-12H,1H3;2*1H;/q;;;;+2/p-2. The smallest absolute Gasteiger partial charge is 1.00 e. The van der Waals surface area contributed by atoms with Crippen LogP contribution in [0.15, 0.2) is 121 Å². The van der Waals surface area contributed by atoms with Crippen molar-refractivity contribution in [3.05, 3.63) is 155 Å². The molecule has 2 nitrogen and oxygen atoms in total. The number of aryl methyl sites for hydroxylation is 2. The second-order valence-electron chi connectivity index (χ2n) is 10.7. The molecule has 5 heteroatoms. The molecule has 0 aliphatic heterocycles. The van der Waals surface area contributed by atoms with E-state index in [9.17, 15) is 0 Å². The van der Waals surface area contributed by atoms with Crippen molar-refractivity contribution >= 4 is 0 Å². The van der Waals surface area contributed by atoms with Gasteiger partial charge in [0.2, 0.25) is 0 Å². The summed E-state index contributed by atoms with van der Waals surface area (Å²) in [5.74, 6) is 0. The van der Waals surface area contributed by atoms with E-state index >= 15 is 0 Å². The largest absolute Gasteiger partial charge is 1.00 e. The van der Waals surface area contributed by atoms with Crippen molar-refractivity contribution in [2.24, 2.45) is 0 Å². The number of para-hydroxylation sites is 2. The third kappa shape index (κ3) is 4.25. The summed E-state index contributed by atoms with van der Waals surface area (Å²) in [5, 5.41) is 0. The number of aromatic nitrogens is 2. The Bertz CT molecular complexity index is 1730. The van der Waals surface area contributed by atoms with Crippen molar-refractivity contribution in [1.29, 1.82) is 0 Å². The molecule has 2 aliphatic carbocycles. The van der Waals surface area contributed by atoms with E-state index in [0.29, 0.717) is 7.25 Å². The van der Waals surface area contributed by atoms with Crippen LogP contribution in [0.3, 0.4) is 0 Å². The van der Waals surface area contributed by atoms with E-state index in [4.69, 9.17) is 0 Å². The fourth-order valence-electron chi connectivity index (χ4n) is 6.94. The molecule has 0 saturated heterocycles. The minimum atomic E-state index is -1.13. The van der Waals surface area contributed by atoms with Crippen LogP contribution in [0, 0.1) is 13.8 Å². The summed E-state index contributed by atoms with van der Waals surface area (Å²) in [4.78, 5) is 0. The number of benzene rings is 4. The Morgan fingerprint density at radius 2 is 0.829 bits per heavy atom. The van der Waals surface area contributed by atoms with Crippen molar-refractivity contribution in [2.45, 2.75) is 21.1 Å². The molecule has 2 atom stereocenters. The van der Waals surface area contributed by atoms with Crippen LogP contribution in [0.2, 0.25) is 0 Å². The molecule has 0 N–H and O–H groups in total. The van der Waals surface area contributed by atoms with Gasteiger partial charge in [0.05, 0.1) is 0 Å². The van der Waals surface area contributed by atoms with Gasteiger partial charge in [0, 0.05) is 0 Å². The van der Waals surface area contributed by atoms with Crippen molar-refractivity contribution in [3.63, 3.8) is 0 Å². The predicted molar refractivity (Wildman–Crippen MR) is 156 cm³/mol. The van der Waals surface area contributed by atoms with Gasteiger partial charge in [-0.25, -0.2) is 0 Å². The average molecular weight is 651 g/mol. The van der Waals surface area contributed by atoms with Gasteiger partial charge in [-0.15, -0.1) is 0 Å². The molecule has 200 valence electrons. The SMILES string of the molecule is Cc1cc2c(n1-c1ccccc1)[CH]([Zr+2][CH]1c3ccccc3-c3cc(C)n(-c4ccccc4)c31)c1ccccc1-2.[Cl-].[Cl-]. The van der Waals surface area contributed by atoms with Gasteiger partial charge in [0.25, 0.3) is 0 Å². The first-order valence-corrected chi connectivity index (χ1v) is 16.5. The Morgan fingerprint density at radius 3 is 1.24 bits per heavy atom. The second-order valence-corrected chi connectivity index (χ2v) is 14.4.